The van der Waals surface area contributed by atoms with Gasteiger partial charge in [-0.2, -0.15) is 0 Å². The molecule has 1 atom stereocenters. The highest BCUT2D eigenvalue weighted by atomic mass is 16.5. The van der Waals surface area contributed by atoms with Gasteiger partial charge in [0, 0.05) is 12.4 Å². The third-order valence-corrected chi connectivity index (χ3v) is 2.11. The number of hydrogen-bond donors (Lipinski definition) is 0. The Hall–Kier alpha value is -0.830. The molecular weight excluding hydrogens is 140 g/mol. The molecular formula is C8H12N2O. The van der Waals surface area contributed by atoms with Crippen molar-refractivity contribution in [2.45, 2.75) is 32.6 Å². The fourth-order valence-electron chi connectivity index (χ4n) is 1.36. The molecule has 1 aromatic heterocycles. The van der Waals surface area contributed by atoms with E-state index in [1.165, 1.54) is 0 Å². The lowest BCUT2D eigenvalue weighted by molar-refractivity contribution is 0.000180. The molecule has 0 N–H and O–H groups in total. The number of imidazole rings is 1. The van der Waals surface area contributed by atoms with Crippen LogP contribution in [-0.4, -0.2) is 15.7 Å². The van der Waals surface area contributed by atoms with E-state index in [0.717, 1.165) is 18.8 Å². The van der Waals surface area contributed by atoms with Crippen molar-refractivity contribution in [3.63, 3.8) is 0 Å². The Bertz CT molecular complexity index is 244. The summed E-state index contributed by atoms with van der Waals surface area (Å²) in [6.45, 7) is 3.78. The van der Waals surface area contributed by atoms with Crippen molar-refractivity contribution in [3.05, 3.63) is 18.2 Å². The zero-order valence-corrected chi connectivity index (χ0v) is 6.66. The number of fused-ring (bicyclic) bond motifs is 1. The molecule has 60 valence electrons. The number of aromatic nitrogens is 2. The van der Waals surface area contributed by atoms with Gasteiger partial charge in [0.25, 0.3) is 0 Å². The zero-order chi connectivity index (χ0) is 7.68. The first kappa shape index (κ1) is 6.85. The summed E-state index contributed by atoms with van der Waals surface area (Å²) in [6, 6.07) is 0. The maximum absolute atomic E-state index is 5.53. The van der Waals surface area contributed by atoms with E-state index in [4.69, 9.17) is 4.74 Å². The Kier molecular flexibility index (Phi) is 1.66. The standard InChI is InChI=1S/C8H12N2O/c1-2-7-5-10-4-3-9-8(10)6-11-7/h3-4,7H,2,5-6H2,1H3. The van der Waals surface area contributed by atoms with E-state index < -0.39 is 0 Å². The molecule has 0 spiro atoms. The number of nitrogens with zero attached hydrogens (tertiary/aromatic N) is 2. The summed E-state index contributed by atoms with van der Waals surface area (Å²) in [7, 11) is 0. The smallest absolute Gasteiger partial charge is 0.134 e. The van der Waals surface area contributed by atoms with Gasteiger partial charge < -0.3 is 9.30 Å². The van der Waals surface area contributed by atoms with E-state index in [0.29, 0.717) is 12.7 Å². The second-order valence-electron chi connectivity index (χ2n) is 2.84. The van der Waals surface area contributed by atoms with E-state index >= 15 is 0 Å². The van der Waals surface area contributed by atoms with Crippen molar-refractivity contribution < 1.29 is 4.74 Å². The quantitative estimate of drug-likeness (QED) is 0.604. The van der Waals surface area contributed by atoms with Gasteiger partial charge in [-0.3, -0.25) is 0 Å². The Morgan fingerprint density at radius 3 is 3.55 bits per heavy atom. The van der Waals surface area contributed by atoms with Crippen LogP contribution in [0.25, 0.3) is 0 Å². The largest absolute Gasteiger partial charge is 0.368 e. The van der Waals surface area contributed by atoms with E-state index in [1.54, 1.807) is 0 Å². The Morgan fingerprint density at radius 2 is 2.73 bits per heavy atom. The van der Waals surface area contributed by atoms with Crippen LogP contribution in [0.4, 0.5) is 0 Å². The van der Waals surface area contributed by atoms with Gasteiger partial charge in [0.2, 0.25) is 0 Å². The molecule has 1 aliphatic heterocycles. The molecule has 1 unspecified atom stereocenters. The molecule has 0 aliphatic carbocycles. The van der Waals surface area contributed by atoms with Gasteiger partial charge in [-0.05, 0) is 6.42 Å². The predicted octanol–water partition coefficient (Wildman–Crippen LogP) is 1.19. The average molecular weight is 152 g/mol. The first-order valence-electron chi connectivity index (χ1n) is 4.01. The predicted molar refractivity (Wildman–Crippen MR) is 41.1 cm³/mol. The third kappa shape index (κ3) is 1.16. The van der Waals surface area contributed by atoms with Crippen LogP contribution in [0.2, 0.25) is 0 Å². The summed E-state index contributed by atoms with van der Waals surface area (Å²) >= 11 is 0. The first-order chi connectivity index (χ1) is 5.40. The molecule has 3 heteroatoms. The normalized spacial score (nSPS) is 23.2. The van der Waals surface area contributed by atoms with E-state index in [-0.39, 0.29) is 0 Å². The van der Waals surface area contributed by atoms with Crippen LogP contribution in [0, 0.1) is 0 Å². The van der Waals surface area contributed by atoms with Crippen LogP contribution >= 0.6 is 0 Å². The molecule has 0 saturated heterocycles. The lowest BCUT2D eigenvalue weighted by Crippen LogP contribution is -2.26. The molecule has 1 aliphatic rings. The third-order valence-electron chi connectivity index (χ3n) is 2.11. The Balaban J connectivity index is 2.18. The van der Waals surface area contributed by atoms with E-state index in [9.17, 15) is 0 Å². The molecule has 2 heterocycles. The number of ether oxygens (including phenoxy) is 1. The molecule has 2 rings (SSSR count). The van der Waals surface area contributed by atoms with Crippen molar-refractivity contribution in [2.75, 3.05) is 0 Å². The van der Waals surface area contributed by atoms with Crippen LogP contribution in [0.5, 0.6) is 0 Å². The van der Waals surface area contributed by atoms with E-state index in [1.807, 2.05) is 12.4 Å². The highest BCUT2D eigenvalue weighted by molar-refractivity contribution is 4.93. The molecule has 0 radical (unpaired) electrons. The monoisotopic (exact) mass is 152 g/mol. The second-order valence-corrected chi connectivity index (χ2v) is 2.84. The summed E-state index contributed by atoms with van der Waals surface area (Å²) in [4.78, 5) is 4.16. The van der Waals surface area contributed by atoms with E-state index in [2.05, 4.69) is 16.5 Å². The van der Waals surface area contributed by atoms with Crippen LogP contribution < -0.4 is 0 Å². The SMILES string of the molecule is CCC1Cn2ccnc2CO1. The summed E-state index contributed by atoms with van der Waals surface area (Å²) in [5, 5.41) is 0. The summed E-state index contributed by atoms with van der Waals surface area (Å²) < 4.78 is 7.69. The van der Waals surface area contributed by atoms with Crippen LogP contribution in [-0.2, 0) is 17.9 Å². The van der Waals surface area contributed by atoms with Gasteiger partial charge in [0.15, 0.2) is 0 Å². The van der Waals surface area contributed by atoms with Crippen LogP contribution in [0.15, 0.2) is 12.4 Å². The molecule has 0 aromatic carbocycles. The maximum atomic E-state index is 5.53. The Labute approximate surface area is 66.0 Å². The molecule has 0 fully saturated rings. The average Bonchev–Trinajstić information content (AvgIpc) is 2.50. The molecule has 1 aromatic rings. The van der Waals surface area contributed by atoms with Gasteiger partial charge in [-0.25, -0.2) is 4.98 Å². The van der Waals surface area contributed by atoms with Gasteiger partial charge in [-0.1, -0.05) is 6.92 Å². The van der Waals surface area contributed by atoms with Gasteiger partial charge in [0.1, 0.15) is 12.4 Å². The fraction of sp³-hybridized carbons (Fsp3) is 0.625. The second kappa shape index (κ2) is 2.66. The summed E-state index contributed by atoms with van der Waals surface area (Å²) in [5.41, 5.74) is 0. The number of hydrogen-bond acceptors (Lipinski definition) is 2. The van der Waals surface area contributed by atoms with Crippen molar-refractivity contribution in [2.24, 2.45) is 0 Å². The lowest BCUT2D eigenvalue weighted by atomic mass is 10.2. The lowest BCUT2D eigenvalue weighted by Gasteiger charge is -2.22. The molecule has 11 heavy (non-hydrogen) atoms. The zero-order valence-electron chi connectivity index (χ0n) is 6.66. The van der Waals surface area contributed by atoms with Crippen molar-refractivity contribution in [1.29, 1.82) is 0 Å². The van der Waals surface area contributed by atoms with Gasteiger partial charge in [-0.15, -0.1) is 0 Å². The Morgan fingerprint density at radius 1 is 1.82 bits per heavy atom. The maximum Gasteiger partial charge on any atom is 0.134 e. The van der Waals surface area contributed by atoms with Crippen LogP contribution in [0.3, 0.4) is 0 Å². The van der Waals surface area contributed by atoms with Crippen LogP contribution in [0.1, 0.15) is 19.2 Å². The first-order valence-corrected chi connectivity index (χ1v) is 4.01. The summed E-state index contributed by atoms with van der Waals surface area (Å²) in [6.07, 6.45) is 5.31. The molecule has 0 bridgehead atoms. The minimum Gasteiger partial charge on any atom is -0.368 e. The van der Waals surface area contributed by atoms with Gasteiger partial charge >= 0.3 is 0 Å². The molecule has 0 amide bonds. The minimum atomic E-state index is 0.386. The van der Waals surface area contributed by atoms with Crippen molar-refractivity contribution >= 4 is 0 Å². The van der Waals surface area contributed by atoms with Gasteiger partial charge in [0.05, 0.1) is 12.6 Å². The summed E-state index contributed by atoms with van der Waals surface area (Å²) in [5.74, 6) is 1.05. The van der Waals surface area contributed by atoms with Crippen molar-refractivity contribution in [3.8, 4) is 0 Å². The highest BCUT2D eigenvalue weighted by Gasteiger charge is 2.16. The number of rotatable bonds is 1. The van der Waals surface area contributed by atoms with Crippen molar-refractivity contribution in [1.82, 2.24) is 9.55 Å². The molecule has 0 saturated carbocycles. The highest BCUT2D eigenvalue weighted by Crippen LogP contribution is 2.13. The fourth-order valence-corrected chi connectivity index (χ4v) is 1.36. The molecule has 3 nitrogen and oxygen atoms in total. The topological polar surface area (TPSA) is 27.1 Å². The minimum absolute atomic E-state index is 0.386.